The number of guanidine groups is 1. The zero-order valence-electron chi connectivity index (χ0n) is 15.3. The molecule has 3 heterocycles. The molecule has 2 amide bonds. The van der Waals surface area contributed by atoms with Crippen molar-refractivity contribution in [2.24, 2.45) is 4.99 Å². The van der Waals surface area contributed by atoms with Gasteiger partial charge >= 0.3 is 0 Å². The molecule has 1 aromatic carbocycles. The van der Waals surface area contributed by atoms with Gasteiger partial charge in [-0.2, -0.15) is 0 Å². The van der Waals surface area contributed by atoms with Crippen molar-refractivity contribution in [3.8, 4) is 0 Å². The second-order valence-electron chi connectivity index (χ2n) is 7.48. The van der Waals surface area contributed by atoms with E-state index in [0.717, 1.165) is 30.6 Å². The van der Waals surface area contributed by atoms with Gasteiger partial charge < -0.3 is 15.1 Å². The summed E-state index contributed by atoms with van der Waals surface area (Å²) in [5.41, 5.74) is 2.22. The summed E-state index contributed by atoms with van der Waals surface area (Å²) in [6, 6.07) is 5.95. The molecule has 138 valence electrons. The number of para-hydroxylation sites is 1. The number of rotatable bonds is 1. The summed E-state index contributed by atoms with van der Waals surface area (Å²) in [7, 11) is 3.73. The molecular weight excluding hydrogens is 330 g/mol. The first-order valence-electron chi connectivity index (χ1n) is 9.24. The molecule has 4 rings (SSSR count). The second kappa shape index (κ2) is 6.30. The molecule has 7 heteroatoms. The minimum atomic E-state index is -0.718. The quantitative estimate of drug-likeness (QED) is 0.790. The second-order valence-corrected chi connectivity index (χ2v) is 7.48. The molecule has 0 radical (unpaired) electrons. The first-order chi connectivity index (χ1) is 12.5. The van der Waals surface area contributed by atoms with Gasteiger partial charge in [0, 0.05) is 33.7 Å². The highest BCUT2D eigenvalue weighted by Gasteiger charge is 2.47. The Morgan fingerprint density at radius 2 is 2.04 bits per heavy atom. The van der Waals surface area contributed by atoms with Gasteiger partial charge in [-0.3, -0.25) is 14.9 Å². The predicted molar refractivity (Wildman–Crippen MR) is 100 cm³/mol. The minimum Gasteiger partial charge on any atom is -0.384 e. The number of benzene rings is 1. The topological polar surface area (TPSA) is 77.0 Å². The molecule has 0 saturated carbocycles. The van der Waals surface area contributed by atoms with E-state index in [0.29, 0.717) is 31.9 Å². The summed E-state index contributed by atoms with van der Waals surface area (Å²) in [6.07, 6.45) is 3.22. The molecule has 0 aromatic heterocycles. The molecule has 1 saturated heterocycles. The van der Waals surface area contributed by atoms with E-state index in [1.54, 1.807) is 0 Å². The van der Waals surface area contributed by atoms with Crippen molar-refractivity contribution in [1.29, 1.82) is 0 Å². The molecule has 2 N–H and O–H groups in total. The number of likely N-dealkylation sites (tertiary alicyclic amines) is 1. The number of anilines is 1. The fourth-order valence-corrected chi connectivity index (χ4v) is 3.99. The van der Waals surface area contributed by atoms with Gasteiger partial charge in [0.25, 0.3) is 11.8 Å². The van der Waals surface area contributed by atoms with Gasteiger partial charge in [-0.05, 0) is 37.3 Å². The van der Waals surface area contributed by atoms with Gasteiger partial charge in [-0.1, -0.05) is 12.1 Å². The van der Waals surface area contributed by atoms with E-state index in [2.05, 4.69) is 21.7 Å². The van der Waals surface area contributed by atoms with Crippen LogP contribution >= 0.6 is 0 Å². The summed E-state index contributed by atoms with van der Waals surface area (Å²) >= 11 is 0. The molecule has 1 spiro atoms. The van der Waals surface area contributed by atoms with E-state index in [1.807, 2.05) is 36.0 Å². The van der Waals surface area contributed by atoms with E-state index in [4.69, 9.17) is 0 Å². The number of aliphatic imine (C=N–C) groups is 1. The van der Waals surface area contributed by atoms with E-state index in [-0.39, 0.29) is 11.8 Å². The molecule has 26 heavy (non-hydrogen) atoms. The lowest BCUT2D eigenvalue weighted by molar-refractivity contribution is -0.125. The van der Waals surface area contributed by atoms with Gasteiger partial charge in [-0.25, -0.2) is 4.99 Å². The molecule has 3 aliphatic rings. The Kier molecular flexibility index (Phi) is 4.09. The van der Waals surface area contributed by atoms with Crippen molar-refractivity contribution < 1.29 is 9.59 Å². The number of aryl methyl sites for hydroxylation is 1. The van der Waals surface area contributed by atoms with Crippen LogP contribution in [0.25, 0.3) is 0 Å². The highest BCUT2D eigenvalue weighted by Crippen LogP contribution is 2.32. The highest BCUT2D eigenvalue weighted by atomic mass is 16.2. The monoisotopic (exact) mass is 355 g/mol. The largest absolute Gasteiger partial charge is 0.384 e. The Balaban J connectivity index is 1.51. The van der Waals surface area contributed by atoms with E-state index >= 15 is 0 Å². The first-order valence-corrected chi connectivity index (χ1v) is 9.24. The first kappa shape index (κ1) is 16.9. The Morgan fingerprint density at radius 3 is 2.73 bits per heavy atom. The van der Waals surface area contributed by atoms with E-state index in [9.17, 15) is 9.59 Å². The Bertz CT molecular complexity index is 778. The zero-order chi connectivity index (χ0) is 18.3. The fourth-order valence-electron chi connectivity index (χ4n) is 3.99. The number of nitrogens with zero attached hydrogens (tertiary/aromatic N) is 3. The van der Waals surface area contributed by atoms with Crippen LogP contribution in [0.15, 0.2) is 23.2 Å². The average molecular weight is 355 g/mol. The van der Waals surface area contributed by atoms with Crippen molar-refractivity contribution in [3.05, 3.63) is 29.3 Å². The lowest BCUT2D eigenvalue weighted by Gasteiger charge is -2.36. The van der Waals surface area contributed by atoms with Gasteiger partial charge in [-0.15, -0.1) is 0 Å². The summed E-state index contributed by atoms with van der Waals surface area (Å²) in [5, 5.41) is 6.24. The molecule has 7 nitrogen and oxygen atoms in total. The van der Waals surface area contributed by atoms with Gasteiger partial charge in [0.05, 0.1) is 11.3 Å². The van der Waals surface area contributed by atoms with Crippen molar-refractivity contribution >= 4 is 23.5 Å². The third-order valence-electron chi connectivity index (χ3n) is 5.58. The summed E-state index contributed by atoms with van der Waals surface area (Å²) in [4.78, 5) is 33.8. The lowest BCUT2D eigenvalue weighted by Crippen LogP contribution is -2.50. The van der Waals surface area contributed by atoms with Crippen LogP contribution in [0.5, 0.6) is 0 Å². The number of hydrogen-bond donors (Lipinski definition) is 2. The zero-order valence-corrected chi connectivity index (χ0v) is 15.3. The fraction of sp³-hybridized carbons (Fsp3) is 0.526. The van der Waals surface area contributed by atoms with Crippen LogP contribution in [0.1, 0.15) is 35.2 Å². The van der Waals surface area contributed by atoms with Crippen LogP contribution in [-0.4, -0.2) is 66.8 Å². The van der Waals surface area contributed by atoms with Crippen LogP contribution in [-0.2, 0) is 11.2 Å². The van der Waals surface area contributed by atoms with Crippen molar-refractivity contribution in [3.63, 3.8) is 0 Å². The molecule has 0 atom stereocenters. The molecule has 1 aromatic rings. The maximum atomic E-state index is 13.1. The number of piperidine rings is 1. The van der Waals surface area contributed by atoms with Crippen molar-refractivity contribution in [1.82, 2.24) is 15.1 Å². The summed E-state index contributed by atoms with van der Waals surface area (Å²) < 4.78 is 0. The van der Waals surface area contributed by atoms with Crippen LogP contribution in [0.3, 0.4) is 0 Å². The van der Waals surface area contributed by atoms with Crippen molar-refractivity contribution in [2.45, 2.75) is 31.2 Å². The molecule has 3 aliphatic heterocycles. The molecule has 1 fully saturated rings. The predicted octanol–water partition coefficient (Wildman–Crippen LogP) is 1.07. The number of fused-ring (bicyclic) bond motifs is 1. The van der Waals surface area contributed by atoms with Gasteiger partial charge in [0.2, 0.25) is 5.96 Å². The lowest BCUT2D eigenvalue weighted by atomic mass is 9.87. The number of hydrogen-bond acceptors (Lipinski definition) is 5. The maximum Gasteiger partial charge on any atom is 0.255 e. The standard InChI is InChI=1S/C19H25N5O2/c1-23(2)18-21-17(26)19(22-18)8-11-24(12-9-19)16(25)14-7-3-5-13-6-4-10-20-15(13)14/h3,5,7,20H,4,6,8-12H2,1-2H3,(H,21,22,26). The Morgan fingerprint density at radius 1 is 1.27 bits per heavy atom. The normalized spacial score (nSPS) is 20.9. The Labute approximate surface area is 153 Å². The van der Waals surface area contributed by atoms with Crippen molar-refractivity contribution in [2.75, 3.05) is 39.0 Å². The molecular formula is C19H25N5O2. The smallest absolute Gasteiger partial charge is 0.255 e. The van der Waals surface area contributed by atoms with Crippen LogP contribution < -0.4 is 10.6 Å². The number of carbonyl (C=O) groups excluding carboxylic acids is 2. The molecule has 0 aliphatic carbocycles. The third kappa shape index (κ3) is 2.71. The SMILES string of the molecule is CN(C)C1=NC2(CCN(C(=O)c3cccc4c3NCCC4)CC2)C(=O)N1. The molecule has 0 unspecified atom stereocenters. The van der Waals surface area contributed by atoms with Gasteiger partial charge in [0.1, 0.15) is 5.54 Å². The van der Waals surface area contributed by atoms with Crippen LogP contribution in [0.2, 0.25) is 0 Å². The third-order valence-corrected chi connectivity index (χ3v) is 5.58. The van der Waals surface area contributed by atoms with Crippen LogP contribution in [0.4, 0.5) is 5.69 Å². The molecule has 0 bridgehead atoms. The van der Waals surface area contributed by atoms with Gasteiger partial charge in [0.15, 0.2) is 0 Å². The number of amides is 2. The van der Waals surface area contributed by atoms with E-state index < -0.39 is 5.54 Å². The van der Waals surface area contributed by atoms with Crippen LogP contribution in [0, 0.1) is 0 Å². The summed E-state index contributed by atoms with van der Waals surface area (Å²) in [5.74, 6) is 0.601. The number of carbonyl (C=O) groups is 2. The Hall–Kier alpha value is -2.57. The van der Waals surface area contributed by atoms with E-state index in [1.165, 1.54) is 5.56 Å². The highest BCUT2D eigenvalue weighted by molar-refractivity contribution is 6.07. The number of nitrogens with one attached hydrogen (secondary N) is 2. The maximum absolute atomic E-state index is 13.1. The summed E-state index contributed by atoms with van der Waals surface area (Å²) in [6.45, 7) is 1.99. The average Bonchev–Trinajstić information content (AvgIpc) is 2.98. The minimum absolute atomic E-state index is 0.0429.